The molecule has 4 rings (SSSR count). The summed E-state index contributed by atoms with van der Waals surface area (Å²) in [4.78, 5) is 17.0. The Balaban J connectivity index is 1.27. The summed E-state index contributed by atoms with van der Waals surface area (Å²) in [6.07, 6.45) is 0.557. The fourth-order valence-corrected chi connectivity index (χ4v) is 4.89. The minimum Gasteiger partial charge on any atom is -0.381 e. The zero-order chi connectivity index (χ0) is 21.1. The number of rotatable bonds is 4. The summed E-state index contributed by atoms with van der Waals surface area (Å²) in [5.41, 5.74) is 0.993. The third-order valence-corrected chi connectivity index (χ3v) is 6.51. The number of halogens is 3. The molecule has 5 nitrogen and oxygen atoms in total. The highest BCUT2D eigenvalue weighted by atomic mass is 19.4. The van der Waals surface area contributed by atoms with Crippen LogP contribution in [0.15, 0.2) is 18.2 Å². The van der Waals surface area contributed by atoms with Gasteiger partial charge in [0.1, 0.15) is 0 Å². The monoisotopic (exact) mass is 425 g/mol. The lowest BCUT2D eigenvalue weighted by Gasteiger charge is -2.29. The van der Waals surface area contributed by atoms with E-state index >= 15 is 0 Å². The van der Waals surface area contributed by atoms with Crippen LogP contribution in [0.2, 0.25) is 0 Å². The normalized spacial score (nSPS) is 26.2. The van der Waals surface area contributed by atoms with E-state index in [-0.39, 0.29) is 18.5 Å². The van der Waals surface area contributed by atoms with Gasteiger partial charge >= 0.3 is 6.18 Å². The first-order valence-electron chi connectivity index (χ1n) is 10.9. The largest absolute Gasteiger partial charge is 0.416 e. The van der Waals surface area contributed by atoms with Gasteiger partial charge in [-0.3, -0.25) is 14.6 Å². The molecule has 1 aromatic carbocycles. The molecule has 2 unspecified atom stereocenters. The Bertz CT molecular complexity index is 748. The molecule has 1 amide bonds. The van der Waals surface area contributed by atoms with Gasteiger partial charge in [0.25, 0.3) is 0 Å². The maximum absolute atomic E-state index is 13.0. The van der Waals surface area contributed by atoms with Crippen LogP contribution in [-0.4, -0.2) is 67.2 Å². The number of fused-ring (bicyclic) bond motifs is 1. The van der Waals surface area contributed by atoms with E-state index in [1.165, 1.54) is 6.07 Å². The average Bonchev–Trinajstić information content (AvgIpc) is 2.98. The first-order chi connectivity index (χ1) is 14.4. The molecule has 1 aromatic rings. The minimum absolute atomic E-state index is 0.0403. The third kappa shape index (κ3) is 5.34. The minimum atomic E-state index is -4.34. The highest BCUT2D eigenvalue weighted by Crippen LogP contribution is 2.32. The molecule has 3 aliphatic heterocycles. The van der Waals surface area contributed by atoms with Gasteiger partial charge in [-0.1, -0.05) is 6.07 Å². The Kier molecular flexibility index (Phi) is 6.65. The van der Waals surface area contributed by atoms with Crippen molar-refractivity contribution in [1.29, 1.82) is 0 Å². The molecule has 0 spiro atoms. The molecule has 3 aliphatic rings. The summed E-state index contributed by atoms with van der Waals surface area (Å²) >= 11 is 0. The molecule has 0 bridgehead atoms. The zero-order valence-corrected chi connectivity index (χ0v) is 17.2. The molecule has 8 heteroatoms. The Labute approximate surface area is 175 Å². The second-order valence-electron chi connectivity index (χ2n) is 8.69. The first-order valence-corrected chi connectivity index (χ1v) is 10.9. The molecule has 0 aliphatic carbocycles. The van der Waals surface area contributed by atoms with Gasteiger partial charge in [-0.25, -0.2) is 0 Å². The first kappa shape index (κ1) is 21.6. The smallest absolute Gasteiger partial charge is 0.381 e. The Morgan fingerprint density at radius 1 is 1.13 bits per heavy atom. The number of hydrogen-bond donors (Lipinski definition) is 1. The van der Waals surface area contributed by atoms with Crippen LogP contribution in [0.5, 0.6) is 0 Å². The highest BCUT2D eigenvalue weighted by molar-refractivity contribution is 5.78. The maximum Gasteiger partial charge on any atom is 0.416 e. The summed E-state index contributed by atoms with van der Waals surface area (Å²) in [6.45, 7) is 4.80. The zero-order valence-electron chi connectivity index (χ0n) is 17.2. The number of amides is 1. The van der Waals surface area contributed by atoms with Crippen LogP contribution in [0, 0.1) is 0 Å². The lowest BCUT2D eigenvalue weighted by atomic mass is 9.97. The van der Waals surface area contributed by atoms with Crippen LogP contribution in [0.3, 0.4) is 0 Å². The highest BCUT2D eigenvalue weighted by Gasteiger charge is 2.32. The van der Waals surface area contributed by atoms with E-state index in [1.807, 2.05) is 4.90 Å². The Morgan fingerprint density at radius 2 is 2.00 bits per heavy atom. The van der Waals surface area contributed by atoms with E-state index < -0.39 is 11.7 Å². The molecule has 0 saturated carbocycles. The van der Waals surface area contributed by atoms with Gasteiger partial charge in [0.15, 0.2) is 0 Å². The lowest BCUT2D eigenvalue weighted by Crippen LogP contribution is -2.45. The number of hydrogen-bond acceptors (Lipinski definition) is 4. The van der Waals surface area contributed by atoms with Crippen LogP contribution in [0.4, 0.5) is 13.2 Å². The van der Waals surface area contributed by atoms with Gasteiger partial charge in [0.05, 0.1) is 12.1 Å². The van der Waals surface area contributed by atoms with Gasteiger partial charge in [0.2, 0.25) is 5.91 Å². The number of benzene rings is 1. The molecule has 1 N–H and O–H groups in total. The lowest BCUT2D eigenvalue weighted by molar-refractivity contribution is -0.137. The molecule has 30 heavy (non-hydrogen) atoms. The molecule has 2 fully saturated rings. The maximum atomic E-state index is 13.0. The summed E-state index contributed by atoms with van der Waals surface area (Å²) < 4.78 is 44.5. The van der Waals surface area contributed by atoms with Crippen LogP contribution in [-0.2, 0) is 28.7 Å². The van der Waals surface area contributed by atoms with Gasteiger partial charge in [-0.05, 0) is 55.4 Å². The van der Waals surface area contributed by atoms with E-state index in [1.54, 1.807) is 6.07 Å². The Hall–Kier alpha value is -1.64. The van der Waals surface area contributed by atoms with Crippen LogP contribution < -0.4 is 5.32 Å². The Morgan fingerprint density at radius 3 is 2.83 bits per heavy atom. The standard InChI is InChI=1S/C22H30F3N3O2/c23-22(24,25)18-4-3-16-5-8-27(13-17(16)12-18)15-21(29)26-19-6-9-28(14-19)20-2-1-10-30-11-7-20/h3-4,12,19-20H,1-2,5-11,13-15H2,(H,26,29). The van der Waals surface area contributed by atoms with Gasteiger partial charge < -0.3 is 10.1 Å². The number of carbonyl (C=O) groups is 1. The van der Waals surface area contributed by atoms with Crippen molar-refractivity contribution in [2.75, 3.05) is 39.4 Å². The van der Waals surface area contributed by atoms with E-state index in [2.05, 4.69) is 10.2 Å². The van der Waals surface area contributed by atoms with Crippen molar-refractivity contribution in [2.24, 2.45) is 0 Å². The number of carbonyl (C=O) groups excluding carboxylic acids is 1. The second-order valence-corrected chi connectivity index (χ2v) is 8.69. The molecule has 2 atom stereocenters. The number of likely N-dealkylation sites (tertiary alicyclic amines) is 1. The number of nitrogens with one attached hydrogen (secondary N) is 1. The van der Waals surface area contributed by atoms with Gasteiger partial charge in [0, 0.05) is 51.5 Å². The predicted molar refractivity (Wildman–Crippen MR) is 107 cm³/mol. The van der Waals surface area contributed by atoms with Crippen molar-refractivity contribution in [3.63, 3.8) is 0 Å². The second kappa shape index (κ2) is 9.24. The van der Waals surface area contributed by atoms with E-state index in [9.17, 15) is 18.0 Å². The van der Waals surface area contributed by atoms with E-state index in [0.29, 0.717) is 31.1 Å². The van der Waals surface area contributed by atoms with Crippen molar-refractivity contribution in [3.8, 4) is 0 Å². The van der Waals surface area contributed by atoms with E-state index in [4.69, 9.17) is 4.74 Å². The topological polar surface area (TPSA) is 44.8 Å². The quantitative estimate of drug-likeness (QED) is 0.806. The molecule has 3 heterocycles. The van der Waals surface area contributed by atoms with E-state index in [0.717, 1.165) is 63.6 Å². The molecule has 166 valence electrons. The number of nitrogens with zero attached hydrogens (tertiary/aromatic N) is 2. The van der Waals surface area contributed by atoms with Crippen LogP contribution >= 0.6 is 0 Å². The van der Waals surface area contributed by atoms with Crippen LogP contribution in [0.25, 0.3) is 0 Å². The summed E-state index contributed by atoms with van der Waals surface area (Å²) in [5, 5.41) is 3.14. The summed E-state index contributed by atoms with van der Waals surface area (Å²) in [6, 6.07) is 4.63. The molecular formula is C22H30F3N3O2. The SMILES string of the molecule is O=C(CN1CCc2ccc(C(F)(F)F)cc2C1)NC1CCN(C2CCCOCC2)C1. The molecular weight excluding hydrogens is 395 g/mol. The molecule has 2 saturated heterocycles. The fourth-order valence-electron chi connectivity index (χ4n) is 4.89. The van der Waals surface area contributed by atoms with Crippen LogP contribution in [0.1, 0.15) is 42.4 Å². The molecule has 0 radical (unpaired) electrons. The average molecular weight is 425 g/mol. The predicted octanol–water partition coefficient (Wildman–Crippen LogP) is 2.82. The van der Waals surface area contributed by atoms with Crippen molar-refractivity contribution in [3.05, 3.63) is 34.9 Å². The number of alkyl halides is 3. The van der Waals surface area contributed by atoms with Crippen molar-refractivity contribution in [1.82, 2.24) is 15.1 Å². The number of ether oxygens (including phenoxy) is 1. The summed E-state index contributed by atoms with van der Waals surface area (Å²) in [5.74, 6) is -0.0403. The van der Waals surface area contributed by atoms with Crippen molar-refractivity contribution < 1.29 is 22.7 Å². The van der Waals surface area contributed by atoms with Gasteiger partial charge in [-0.15, -0.1) is 0 Å². The third-order valence-electron chi connectivity index (χ3n) is 6.51. The van der Waals surface area contributed by atoms with Crippen molar-refractivity contribution >= 4 is 5.91 Å². The van der Waals surface area contributed by atoms with Crippen molar-refractivity contribution in [2.45, 2.75) is 56.9 Å². The summed E-state index contributed by atoms with van der Waals surface area (Å²) in [7, 11) is 0. The fraction of sp³-hybridized carbons (Fsp3) is 0.682. The molecule has 0 aromatic heterocycles. The van der Waals surface area contributed by atoms with Gasteiger partial charge in [-0.2, -0.15) is 13.2 Å².